The number of halogens is 2. The van der Waals surface area contributed by atoms with Gasteiger partial charge < -0.3 is 26.0 Å². The fourth-order valence-electron chi connectivity index (χ4n) is 3.61. The van der Waals surface area contributed by atoms with Gasteiger partial charge >= 0.3 is 0 Å². The molecule has 7 nitrogen and oxygen atoms in total. The lowest BCUT2D eigenvalue weighted by molar-refractivity contribution is 0.416. The first kappa shape index (κ1) is 21.0. The van der Waals surface area contributed by atoms with Crippen molar-refractivity contribution in [1.29, 1.82) is 0 Å². The molecule has 1 fully saturated rings. The van der Waals surface area contributed by atoms with Crippen molar-refractivity contribution in [3.05, 3.63) is 53.6 Å². The van der Waals surface area contributed by atoms with Gasteiger partial charge in [-0.3, -0.25) is 0 Å². The number of aromatic nitrogens is 2. The molecule has 31 heavy (non-hydrogen) atoms. The Balaban J connectivity index is 1.55. The lowest BCUT2D eigenvalue weighted by Gasteiger charge is -2.30. The minimum Gasteiger partial charge on any atom is -0.494 e. The molecule has 2 aromatic carbocycles. The van der Waals surface area contributed by atoms with Crippen LogP contribution in [0.3, 0.4) is 0 Å². The smallest absolute Gasteiger partial charge is 0.144 e. The van der Waals surface area contributed by atoms with Crippen molar-refractivity contribution >= 4 is 46.0 Å². The van der Waals surface area contributed by atoms with Crippen LogP contribution in [0.15, 0.2) is 42.7 Å². The number of benzene rings is 2. The van der Waals surface area contributed by atoms with Gasteiger partial charge in [-0.25, -0.2) is 14.4 Å². The van der Waals surface area contributed by atoms with Crippen LogP contribution in [0, 0.1) is 5.82 Å². The highest BCUT2D eigenvalue weighted by Gasteiger charge is 2.17. The van der Waals surface area contributed by atoms with Gasteiger partial charge in [-0.1, -0.05) is 11.6 Å². The van der Waals surface area contributed by atoms with Crippen LogP contribution in [0.2, 0.25) is 5.02 Å². The van der Waals surface area contributed by atoms with E-state index in [1.165, 1.54) is 24.9 Å². The first-order chi connectivity index (χ1) is 15.0. The Morgan fingerprint density at radius 2 is 1.77 bits per heavy atom. The van der Waals surface area contributed by atoms with Crippen molar-refractivity contribution in [2.75, 3.05) is 41.5 Å². The predicted molar refractivity (Wildman–Crippen MR) is 123 cm³/mol. The minimum absolute atomic E-state index is 0.0337. The Kier molecular flexibility index (Phi) is 6.27. The van der Waals surface area contributed by atoms with Crippen LogP contribution in [0.4, 0.5) is 38.8 Å². The first-order valence-corrected chi connectivity index (χ1v) is 10.4. The predicted octanol–water partition coefficient (Wildman–Crippen LogP) is 5.34. The number of nitrogens with one attached hydrogen (secondary N) is 2. The summed E-state index contributed by atoms with van der Waals surface area (Å²) in [4.78, 5) is 10.8. The summed E-state index contributed by atoms with van der Waals surface area (Å²) in [7, 11) is 1.63. The first-order valence-electron chi connectivity index (χ1n) is 10.1. The molecule has 0 amide bonds. The van der Waals surface area contributed by atoms with Gasteiger partial charge in [0.05, 0.1) is 29.2 Å². The fraction of sp³-hybridized carbons (Fsp3) is 0.273. The zero-order chi connectivity index (χ0) is 21.8. The second-order valence-corrected chi connectivity index (χ2v) is 7.73. The van der Waals surface area contributed by atoms with E-state index in [2.05, 4.69) is 25.5 Å². The molecule has 0 unspecified atom stereocenters. The topological polar surface area (TPSA) is 88.3 Å². The molecule has 0 spiro atoms. The van der Waals surface area contributed by atoms with Gasteiger partial charge in [-0.2, -0.15) is 0 Å². The number of hydrogen-bond donors (Lipinski definition) is 3. The van der Waals surface area contributed by atoms with E-state index in [9.17, 15) is 4.39 Å². The largest absolute Gasteiger partial charge is 0.494 e. The number of anilines is 6. The van der Waals surface area contributed by atoms with E-state index in [0.29, 0.717) is 34.4 Å². The van der Waals surface area contributed by atoms with Crippen molar-refractivity contribution in [1.82, 2.24) is 9.97 Å². The fourth-order valence-corrected chi connectivity index (χ4v) is 3.80. The van der Waals surface area contributed by atoms with Gasteiger partial charge in [0.1, 0.15) is 29.5 Å². The Bertz CT molecular complexity index is 1070. The molecule has 0 atom stereocenters. The molecule has 162 valence electrons. The number of rotatable bonds is 6. The van der Waals surface area contributed by atoms with E-state index >= 15 is 0 Å². The third kappa shape index (κ3) is 4.91. The second kappa shape index (κ2) is 9.26. The number of nitrogens with two attached hydrogens (primary N) is 1. The van der Waals surface area contributed by atoms with Crippen LogP contribution < -0.4 is 26.0 Å². The minimum atomic E-state index is -0.477. The van der Waals surface area contributed by atoms with Gasteiger partial charge in [0.25, 0.3) is 0 Å². The summed E-state index contributed by atoms with van der Waals surface area (Å²) >= 11 is 5.85. The molecule has 0 bridgehead atoms. The molecule has 1 aromatic heterocycles. The summed E-state index contributed by atoms with van der Waals surface area (Å²) in [5.41, 5.74) is 9.35. The van der Waals surface area contributed by atoms with E-state index in [-0.39, 0.29) is 5.02 Å². The quantitative estimate of drug-likeness (QED) is 0.444. The number of ether oxygens (including phenoxy) is 1. The molecule has 1 aliphatic rings. The van der Waals surface area contributed by atoms with Crippen LogP contribution in [0.1, 0.15) is 19.3 Å². The van der Waals surface area contributed by atoms with Crippen molar-refractivity contribution in [2.45, 2.75) is 19.3 Å². The van der Waals surface area contributed by atoms with Gasteiger partial charge in [0.15, 0.2) is 0 Å². The third-order valence-electron chi connectivity index (χ3n) is 5.17. The third-order valence-corrected chi connectivity index (χ3v) is 5.46. The van der Waals surface area contributed by atoms with Gasteiger partial charge in [0, 0.05) is 30.9 Å². The lowest BCUT2D eigenvalue weighted by Crippen LogP contribution is -2.30. The van der Waals surface area contributed by atoms with E-state index in [1.807, 2.05) is 12.1 Å². The van der Waals surface area contributed by atoms with Crippen LogP contribution in [0.5, 0.6) is 5.75 Å². The standard InChI is InChI=1S/C22H24ClFN6O/c1-31-20-11-19(30-7-3-2-4-8-30)17(25)10-18(20)29-22-12-21(26-13-27-22)28-14-5-6-16(24)15(23)9-14/h5-6,9-13H,2-4,7-8,25H2,1H3,(H2,26,27,28,29). The van der Waals surface area contributed by atoms with Crippen molar-refractivity contribution < 1.29 is 9.13 Å². The van der Waals surface area contributed by atoms with Crippen molar-refractivity contribution in [2.24, 2.45) is 0 Å². The monoisotopic (exact) mass is 442 g/mol. The molecule has 0 radical (unpaired) electrons. The van der Waals surface area contributed by atoms with Crippen LogP contribution in [-0.2, 0) is 0 Å². The van der Waals surface area contributed by atoms with Gasteiger partial charge in [0.2, 0.25) is 0 Å². The Labute approximate surface area is 185 Å². The molecule has 0 aliphatic carbocycles. The zero-order valence-corrected chi connectivity index (χ0v) is 17.9. The molecule has 9 heteroatoms. The molecule has 1 aliphatic heterocycles. The maximum atomic E-state index is 13.4. The molecule has 0 saturated carbocycles. The Morgan fingerprint density at radius 1 is 1.03 bits per heavy atom. The van der Waals surface area contributed by atoms with Gasteiger partial charge in [-0.15, -0.1) is 0 Å². The van der Waals surface area contributed by atoms with Crippen LogP contribution in [0.25, 0.3) is 0 Å². The second-order valence-electron chi connectivity index (χ2n) is 7.33. The molecule has 4 N–H and O–H groups in total. The average molecular weight is 443 g/mol. The highest BCUT2D eigenvalue weighted by atomic mass is 35.5. The van der Waals surface area contributed by atoms with E-state index < -0.39 is 5.82 Å². The summed E-state index contributed by atoms with van der Waals surface area (Å²) in [5, 5.41) is 6.36. The van der Waals surface area contributed by atoms with Crippen LogP contribution in [-0.4, -0.2) is 30.2 Å². The molecule has 2 heterocycles. The SMILES string of the molecule is COc1cc(N2CCCCC2)c(N)cc1Nc1cc(Nc2ccc(F)c(Cl)c2)ncn1. The lowest BCUT2D eigenvalue weighted by atomic mass is 10.1. The van der Waals surface area contributed by atoms with Crippen molar-refractivity contribution in [3.63, 3.8) is 0 Å². The summed E-state index contributed by atoms with van der Waals surface area (Å²) in [6.45, 7) is 1.99. The average Bonchev–Trinajstić information content (AvgIpc) is 2.77. The molecule has 4 rings (SSSR count). The number of piperidine rings is 1. The van der Waals surface area contributed by atoms with E-state index in [4.69, 9.17) is 22.1 Å². The number of methoxy groups -OCH3 is 1. The molecular formula is C22H24ClFN6O. The van der Waals surface area contributed by atoms with Crippen molar-refractivity contribution in [3.8, 4) is 5.75 Å². The Hall–Kier alpha value is -3.26. The van der Waals surface area contributed by atoms with E-state index in [1.54, 1.807) is 19.2 Å². The summed E-state index contributed by atoms with van der Waals surface area (Å²) < 4.78 is 19.0. The highest BCUT2D eigenvalue weighted by molar-refractivity contribution is 6.31. The van der Waals surface area contributed by atoms with E-state index in [0.717, 1.165) is 31.6 Å². The normalized spacial score (nSPS) is 13.7. The number of hydrogen-bond acceptors (Lipinski definition) is 7. The van der Waals surface area contributed by atoms with Crippen LogP contribution >= 0.6 is 11.6 Å². The summed E-state index contributed by atoms with van der Waals surface area (Å²) in [5.74, 6) is 1.27. The van der Waals surface area contributed by atoms with Gasteiger partial charge in [-0.05, 0) is 43.5 Å². The maximum Gasteiger partial charge on any atom is 0.144 e. The highest BCUT2D eigenvalue weighted by Crippen LogP contribution is 2.37. The molecule has 1 saturated heterocycles. The maximum absolute atomic E-state index is 13.4. The number of nitrogens with zero attached hydrogens (tertiary/aromatic N) is 3. The Morgan fingerprint density at radius 3 is 2.48 bits per heavy atom. The number of nitrogen functional groups attached to an aromatic ring is 1. The molecular weight excluding hydrogens is 419 g/mol. The summed E-state index contributed by atoms with van der Waals surface area (Å²) in [6, 6.07) is 9.92. The zero-order valence-electron chi connectivity index (χ0n) is 17.2. The summed E-state index contributed by atoms with van der Waals surface area (Å²) in [6.07, 6.45) is 5.00. The molecule has 3 aromatic rings.